The Kier molecular flexibility index (Phi) is 5.94. The lowest BCUT2D eigenvalue weighted by atomic mass is 9.77. The minimum atomic E-state index is -0.474. The molecule has 1 aromatic carbocycles. The van der Waals surface area contributed by atoms with Crippen molar-refractivity contribution in [3.05, 3.63) is 40.9 Å². The maximum atomic E-state index is 11.3. The lowest BCUT2D eigenvalue weighted by Gasteiger charge is -2.32. The van der Waals surface area contributed by atoms with E-state index in [0.717, 1.165) is 16.4 Å². The van der Waals surface area contributed by atoms with Crippen LogP contribution in [0, 0.1) is 0 Å². The molecule has 24 heavy (non-hydrogen) atoms. The summed E-state index contributed by atoms with van der Waals surface area (Å²) in [5.41, 5.74) is 2.34. The molecular formula is C18H25BBrNO3. The van der Waals surface area contributed by atoms with Gasteiger partial charge < -0.3 is 14.6 Å². The van der Waals surface area contributed by atoms with Crippen LogP contribution in [0.2, 0.25) is 0 Å². The van der Waals surface area contributed by atoms with Gasteiger partial charge in [0.25, 0.3) is 0 Å². The van der Waals surface area contributed by atoms with Crippen LogP contribution in [0.25, 0.3) is 6.08 Å². The smallest absolute Gasteiger partial charge is 0.400 e. The second-order valence-corrected chi connectivity index (χ2v) is 7.65. The van der Waals surface area contributed by atoms with E-state index in [1.54, 1.807) is 0 Å². The van der Waals surface area contributed by atoms with Crippen LogP contribution in [-0.4, -0.2) is 30.8 Å². The molecule has 0 atom stereocenters. The first-order chi connectivity index (χ1) is 11.1. The van der Waals surface area contributed by atoms with Crippen molar-refractivity contribution in [1.29, 1.82) is 0 Å². The molecule has 0 spiro atoms. The summed E-state index contributed by atoms with van der Waals surface area (Å²) < 4.78 is 12.3. The summed E-state index contributed by atoms with van der Waals surface area (Å²) in [7, 11) is -0.474. The number of carbonyl (C=O) groups is 1. The van der Waals surface area contributed by atoms with Gasteiger partial charge in [0.05, 0.1) is 11.2 Å². The van der Waals surface area contributed by atoms with Crippen LogP contribution in [-0.2, 0) is 19.4 Å². The summed E-state index contributed by atoms with van der Waals surface area (Å²) in [6, 6.07) is 8.24. The van der Waals surface area contributed by atoms with Crippen molar-refractivity contribution < 1.29 is 14.1 Å². The average Bonchev–Trinajstić information content (AvgIpc) is 2.72. The van der Waals surface area contributed by atoms with Gasteiger partial charge in [-0.05, 0) is 44.3 Å². The molecule has 1 aliphatic rings. The Morgan fingerprint density at radius 2 is 1.71 bits per heavy atom. The molecule has 130 valence electrons. The largest absolute Gasteiger partial charge is 0.492 e. The van der Waals surface area contributed by atoms with Crippen LogP contribution in [0.1, 0.15) is 45.7 Å². The van der Waals surface area contributed by atoms with Gasteiger partial charge in [-0.2, -0.15) is 0 Å². The number of carbonyl (C=O) groups excluding carboxylic acids is 1. The quantitative estimate of drug-likeness (QED) is 0.612. The third kappa shape index (κ3) is 4.49. The fourth-order valence-electron chi connectivity index (χ4n) is 2.34. The lowest BCUT2D eigenvalue weighted by molar-refractivity contribution is -0.118. The van der Waals surface area contributed by atoms with E-state index in [2.05, 4.69) is 45.5 Å². The molecule has 1 amide bonds. The zero-order chi connectivity index (χ0) is 18.0. The molecule has 0 saturated carbocycles. The molecule has 0 unspecified atom stereocenters. The number of nitrogens with one attached hydrogen (secondary N) is 1. The summed E-state index contributed by atoms with van der Waals surface area (Å²) in [5, 5.41) is 3.67. The van der Waals surface area contributed by atoms with Crippen LogP contribution in [0.5, 0.6) is 0 Å². The van der Waals surface area contributed by atoms with E-state index in [1.807, 2.05) is 33.8 Å². The minimum Gasteiger partial charge on any atom is -0.400 e. The molecule has 1 saturated heterocycles. The number of rotatable bonds is 5. The molecule has 1 aromatic rings. The second kappa shape index (κ2) is 7.42. The van der Waals surface area contributed by atoms with Gasteiger partial charge in [-0.15, -0.1) is 0 Å². The number of benzene rings is 1. The van der Waals surface area contributed by atoms with Crippen LogP contribution in [0.4, 0.5) is 0 Å². The third-order valence-electron chi connectivity index (χ3n) is 4.58. The standard InChI is InChI=1S/C18H25BBrNO3/c1-13(22)21-12-16(10-14-6-8-15(11-20)9-7-14)19-23-17(2,3)18(4,5)24-19/h6-10H,11-12H2,1-5H3,(H,21,22). The highest BCUT2D eigenvalue weighted by molar-refractivity contribution is 9.08. The first kappa shape index (κ1) is 19.2. The van der Waals surface area contributed by atoms with Crippen molar-refractivity contribution >= 4 is 35.0 Å². The van der Waals surface area contributed by atoms with Gasteiger partial charge in [-0.1, -0.05) is 46.3 Å². The normalized spacial score (nSPS) is 19.4. The van der Waals surface area contributed by atoms with E-state index in [9.17, 15) is 4.79 Å². The van der Waals surface area contributed by atoms with E-state index in [4.69, 9.17) is 9.31 Å². The Morgan fingerprint density at radius 3 is 2.17 bits per heavy atom. The Hall–Kier alpha value is -1.11. The number of halogens is 1. The van der Waals surface area contributed by atoms with E-state index >= 15 is 0 Å². The monoisotopic (exact) mass is 393 g/mol. The first-order valence-corrected chi connectivity index (χ1v) is 9.22. The topological polar surface area (TPSA) is 47.6 Å². The lowest BCUT2D eigenvalue weighted by Crippen LogP contribution is -2.41. The highest BCUT2D eigenvalue weighted by atomic mass is 79.9. The minimum absolute atomic E-state index is 0.0768. The second-order valence-electron chi connectivity index (χ2n) is 7.09. The highest BCUT2D eigenvalue weighted by Crippen LogP contribution is 2.38. The fourth-order valence-corrected chi connectivity index (χ4v) is 2.71. The van der Waals surface area contributed by atoms with Gasteiger partial charge in [0.15, 0.2) is 0 Å². The fraction of sp³-hybridized carbons (Fsp3) is 0.500. The van der Waals surface area contributed by atoms with E-state index in [-0.39, 0.29) is 5.91 Å². The predicted molar refractivity (Wildman–Crippen MR) is 102 cm³/mol. The summed E-state index contributed by atoms with van der Waals surface area (Å²) in [4.78, 5) is 11.3. The van der Waals surface area contributed by atoms with Crippen molar-refractivity contribution in [1.82, 2.24) is 5.32 Å². The van der Waals surface area contributed by atoms with Gasteiger partial charge >= 0.3 is 7.12 Å². The Morgan fingerprint density at radius 1 is 1.17 bits per heavy atom. The van der Waals surface area contributed by atoms with Crippen molar-refractivity contribution in [2.75, 3.05) is 6.54 Å². The molecule has 1 N–H and O–H groups in total. The van der Waals surface area contributed by atoms with Crippen LogP contribution >= 0.6 is 15.9 Å². The molecule has 2 rings (SSSR count). The van der Waals surface area contributed by atoms with Gasteiger partial charge in [0, 0.05) is 18.8 Å². The number of alkyl halides is 1. The number of hydrogen-bond acceptors (Lipinski definition) is 3. The molecule has 0 aliphatic carbocycles. The Labute approximate surface area is 153 Å². The Balaban J connectivity index is 2.27. The maximum absolute atomic E-state index is 11.3. The van der Waals surface area contributed by atoms with Crippen molar-refractivity contribution in [3.63, 3.8) is 0 Å². The van der Waals surface area contributed by atoms with E-state index < -0.39 is 18.3 Å². The Bertz CT molecular complexity index is 610. The zero-order valence-electron chi connectivity index (χ0n) is 15.0. The average molecular weight is 394 g/mol. The highest BCUT2D eigenvalue weighted by Gasteiger charge is 2.52. The molecular weight excluding hydrogens is 369 g/mol. The molecule has 1 heterocycles. The molecule has 1 fully saturated rings. The van der Waals surface area contributed by atoms with Crippen molar-refractivity contribution in [2.24, 2.45) is 0 Å². The van der Waals surface area contributed by atoms with Crippen LogP contribution in [0.3, 0.4) is 0 Å². The van der Waals surface area contributed by atoms with E-state index in [1.165, 1.54) is 12.5 Å². The van der Waals surface area contributed by atoms with E-state index in [0.29, 0.717) is 6.54 Å². The van der Waals surface area contributed by atoms with Crippen LogP contribution < -0.4 is 5.32 Å². The molecule has 0 radical (unpaired) electrons. The molecule has 4 nitrogen and oxygen atoms in total. The van der Waals surface area contributed by atoms with Gasteiger partial charge in [-0.25, -0.2) is 0 Å². The number of hydrogen-bond donors (Lipinski definition) is 1. The maximum Gasteiger partial charge on any atom is 0.492 e. The summed E-state index contributed by atoms with van der Waals surface area (Å²) in [6.45, 7) is 9.99. The summed E-state index contributed by atoms with van der Waals surface area (Å²) >= 11 is 3.45. The van der Waals surface area contributed by atoms with Gasteiger partial charge in [0.1, 0.15) is 0 Å². The third-order valence-corrected chi connectivity index (χ3v) is 5.23. The van der Waals surface area contributed by atoms with Gasteiger partial charge in [0.2, 0.25) is 5.91 Å². The molecule has 0 bridgehead atoms. The predicted octanol–water partition coefficient (Wildman–Crippen LogP) is 3.73. The molecule has 0 aromatic heterocycles. The van der Waals surface area contributed by atoms with Crippen molar-refractivity contribution in [3.8, 4) is 0 Å². The summed E-state index contributed by atoms with van der Waals surface area (Å²) in [5.74, 6) is -0.0768. The summed E-state index contributed by atoms with van der Waals surface area (Å²) in [6.07, 6.45) is 2.02. The molecule has 6 heteroatoms. The number of amides is 1. The van der Waals surface area contributed by atoms with Gasteiger partial charge in [-0.3, -0.25) is 4.79 Å². The SMILES string of the molecule is CC(=O)NCC(=Cc1ccc(CBr)cc1)B1OC(C)(C)C(C)(C)O1. The first-order valence-electron chi connectivity index (χ1n) is 8.10. The molecule has 1 aliphatic heterocycles. The zero-order valence-corrected chi connectivity index (χ0v) is 16.6. The van der Waals surface area contributed by atoms with Crippen LogP contribution in [0.15, 0.2) is 29.7 Å². The van der Waals surface area contributed by atoms with Crippen molar-refractivity contribution in [2.45, 2.75) is 51.2 Å².